The summed E-state index contributed by atoms with van der Waals surface area (Å²) in [6, 6.07) is 8.80. The van der Waals surface area contributed by atoms with Gasteiger partial charge in [-0.25, -0.2) is 4.98 Å². The Balaban J connectivity index is 1.72. The molecule has 0 aliphatic heterocycles. The third-order valence-corrected chi connectivity index (χ3v) is 4.26. The van der Waals surface area contributed by atoms with Crippen LogP contribution in [0.2, 0.25) is 0 Å². The third-order valence-electron chi connectivity index (χ3n) is 3.29. The number of rotatable bonds is 7. The number of nitrogens with zero attached hydrogens (tertiary/aromatic N) is 1. The van der Waals surface area contributed by atoms with Gasteiger partial charge in [-0.1, -0.05) is 12.1 Å². The zero-order valence-electron chi connectivity index (χ0n) is 12.3. The van der Waals surface area contributed by atoms with Gasteiger partial charge in [-0.3, -0.25) is 0 Å². The minimum atomic E-state index is 0.487. The van der Waals surface area contributed by atoms with E-state index in [0.717, 1.165) is 30.8 Å². The summed E-state index contributed by atoms with van der Waals surface area (Å²) in [5.74, 6) is 0.916. The van der Waals surface area contributed by atoms with Gasteiger partial charge in [-0.2, -0.15) is 0 Å². The number of methoxy groups -OCH3 is 1. The zero-order valence-corrected chi connectivity index (χ0v) is 13.2. The summed E-state index contributed by atoms with van der Waals surface area (Å²) in [6.45, 7) is 5.12. The molecule has 0 aliphatic rings. The molecule has 0 saturated carbocycles. The lowest BCUT2D eigenvalue weighted by atomic mass is 10.1. The van der Waals surface area contributed by atoms with E-state index < -0.39 is 0 Å². The second-order valence-corrected chi connectivity index (χ2v) is 5.99. The van der Waals surface area contributed by atoms with Gasteiger partial charge in [0, 0.05) is 23.7 Å². The smallest absolute Gasteiger partial charge is 0.118 e. The van der Waals surface area contributed by atoms with Crippen LogP contribution in [0.4, 0.5) is 0 Å². The predicted molar refractivity (Wildman–Crippen MR) is 84.5 cm³/mol. The van der Waals surface area contributed by atoms with Crippen molar-refractivity contribution in [2.24, 2.45) is 0 Å². The Morgan fingerprint density at radius 1 is 1.30 bits per heavy atom. The van der Waals surface area contributed by atoms with Crippen LogP contribution in [0.1, 0.15) is 29.6 Å². The lowest BCUT2D eigenvalue weighted by molar-refractivity contribution is 0.414. The molecule has 3 nitrogen and oxygen atoms in total. The maximum Gasteiger partial charge on any atom is 0.118 e. The molecular weight excluding hydrogens is 268 g/mol. The van der Waals surface area contributed by atoms with Crippen LogP contribution in [-0.2, 0) is 13.0 Å². The molecule has 1 aromatic heterocycles. The van der Waals surface area contributed by atoms with Crippen LogP contribution in [-0.4, -0.2) is 18.1 Å². The van der Waals surface area contributed by atoms with Crippen LogP contribution in [0.5, 0.6) is 5.75 Å². The third kappa shape index (κ3) is 4.62. The SMILES string of the molecule is COc1ccc(CCC(C)NCc2nc(C)cs2)cc1. The first-order chi connectivity index (χ1) is 9.67. The van der Waals surface area contributed by atoms with Crippen LogP contribution in [0.15, 0.2) is 29.6 Å². The first-order valence-electron chi connectivity index (χ1n) is 6.94. The van der Waals surface area contributed by atoms with Crippen molar-refractivity contribution in [3.05, 3.63) is 45.9 Å². The molecular formula is C16H22N2OS. The van der Waals surface area contributed by atoms with E-state index in [9.17, 15) is 0 Å². The summed E-state index contributed by atoms with van der Waals surface area (Å²) in [5, 5.41) is 6.79. The summed E-state index contributed by atoms with van der Waals surface area (Å²) < 4.78 is 5.17. The molecule has 4 heteroatoms. The van der Waals surface area contributed by atoms with Gasteiger partial charge in [-0.05, 0) is 44.4 Å². The molecule has 0 aliphatic carbocycles. The molecule has 20 heavy (non-hydrogen) atoms. The number of aryl methyl sites for hydroxylation is 2. The highest BCUT2D eigenvalue weighted by Crippen LogP contribution is 2.13. The molecule has 1 atom stereocenters. The molecule has 0 amide bonds. The standard InChI is InChI=1S/C16H22N2OS/c1-12(17-10-16-18-13(2)11-20-16)4-5-14-6-8-15(19-3)9-7-14/h6-9,11-12,17H,4-5,10H2,1-3H3. The van der Waals surface area contributed by atoms with Gasteiger partial charge in [0.2, 0.25) is 0 Å². The van der Waals surface area contributed by atoms with Crippen LogP contribution in [0.3, 0.4) is 0 Å². The molecule has 1 heterocycles. The van der Waals surface area contributed by atoms with E-state index in [-0.39, 0.29) is 0 Å². The Morgan fingerprint density at radius 2 is 2.05 bits per heavy atom. The first-order valence-corrected chi connectivity index (χ1v) is 7.82. The molecule has 0 saturated heterocycles. The Hall–Kier alpha value is -1.39. The molecule has 0 radical (unpaired) electrons. The number of hydrogen-bond acceptors (Lipinski definition) is 4. The molecule has 2 aromatic rings. The fraction of sp³-hybridized carbons (Fsp3) is 0.438. The highest BCUT2D eigenvalue weighted by atomic mass is 32.1. The molecule has 108 valence electrons. The van der Waals surface area contributed by atoms with Crippen molar-refractivity contribution in [1.29, 1.82) is 0 Å². The van der Waals surface area contributed by atoms with Gasteiger partial charge in [0.05, 0.1) is 7.11 Å². The summed E-state index contributed by atoms with van der Waals surface area (Å²) in [5.41, 5.74) is 2.46. The van der Waals surface area contributed by atoms with E-state index >= 15 is 0 Å². The zero-order chi connectivity index (χ0) is 14.4. The maximum atomic E-state index is 5.17. The number of hydrogen-bond donors (Lipinski definition) is 1. The van der Waals surface area contributed by atoms with E-state index in [0.29, 0.717) is 6.04 Å². The van der Waals surface area contributed by atoms with E-state index in [4.69, 9.17) is 4.74 Å². The molecule has 0 bridgehead atoms. The minimum absolute atomic E-state index is 0.487. The van der Waals surface area contributed by atoms with Crippen molar-refractivity contribution >= 4 is 11.3 Å². The van der Waals surface area contributed by atoms with Crippen molar-refractivity contribution in [2.75, 3.05) is 7.11 Å². The van der Waals surface area contributed by atoms with Crippen molar-refractivity contribution in [1.82, 2.24) is 10.3 Å². The summed E-state index contributed by atoms with van der Waals surface area (Å²) in [4.78, 5) is 4.46. The van der Waals surface area contributed by atoms with E-state index in [2.05, 4.69) is 34.7 Å². The Labute approximate surface area is 125 Å². The topological polar surface area (TPSA) is 34.1 Å². The largest absolute Gasteiger partial charge is 0.497 e. The van der Waals surface area contributed by atoms with Gasteiger partial charge >= 0.3 is 0 Å². The quantitative estimate of drug-likeness (QED) is 0.846. The van der Waals surface area contributed by atoms with Gasteiger partial charge in [0.1, 0.15) is 10.8 Å². The van der Waals surface area contributed by atoms with E-state index in [1.807, 2.05) is 19.1 Å². The normalized spacial score (nSPS) is 12.3. The molecule has 0 spiro atoms. The number of thiazole rings is 1. The molecule has 1 N–H and O–H groups in total. The van der Waals surface area contributed by atoms with Gasteiger partial charge in [0.15, 0.2) is 0 Å². The fourth-order valence-corrected chi connectivity index (χ4v) is 2.75. The summed E-state index contributed by atoms with van der Waals surface area (Å²) in [7, 11) is 1.70. The first kappa shape index (κ1) is 15.0. The van der Waals surface area contributed by atoms with Gasteiger partial charge in [-0.15, -0.1) is 11.3 Å². The Bertz CT molecular complexity index is 522. The minimum Gasteiger partial charge on any atom is -0.497 e. The second kappa shape index (κ2) is 7.41. The Kier molecular flexibility index (Phi) is 5.56. The lowest BCUT2D eigenvalue weighted by Crippen LogP contribution is -2.25. The monoisotopic (exact) mass is 290 g/mol. The predicted octanol–water partition coefficient (Wildman–Crippen LogP) is 3.57. The fourth-order valence-electron chi connectivity index (χ4n) is 2.02. The molecule has 0 fully saturated rings. The van der Waals surface area contributed by atoms with E-state index in [1.165, 1.54) is 10.6 Å². The van der Waals surface area contributed by atoms with E-state index in [1.54, 1.807) is 18.4 Å². The number of aromatic nitrogens is 1. The van der Waals surface area contributed by atoms with Gasteiger partial charge < -0.3 is 10.1 Å². The van der Waals surface area contributed by atoms with Gasteiger partial charge in [0.25, 0.3) is 0 Å². The number of benzene rings is 1. The lowest BCUT2D eigenvalue weighted by Gasteiger charge is -2.12. The molecule has 1 unspecified atom stereocenters. The van der Waals surface area contributed by atoms with Crippen molar-refractivity contribution in [3.63, 3.8) is 0 Å². The second-order valence-electron chi connectivity index (χ2n) is 5.05. The van der Waals surface area contributed by atoms with Crippen molar-refractivity contribution in [3.8, 4) is 5.75 Å². The number of nitrogens with one attached hydrogen (secondary N) is 1. The van der Waals surface area contributed by atoms with Crippen LogP contribution in [0.25, 0.3) is 0 Å². The van der Waals surface area contributed by atoms with Crippen molar-refractivity contribution in [2.45, 2.75) is 39.3 Å². The average molecular weight is 290 g/mol. The highest BCUT2D eigenvalue weighted by molar-refractivity contribution is 7.09. The average Bonchev–Trinajstić information content (AvgIpc) is 2.89. The van der Waals surface area contributed by atoms with Crippen LogP contribution in [0, 0.1) is 6.92 Å². The van der Waals surface area contributed by atoms with Crippen LogP contribution < -0.4 is 10.1 Å². The summed E-state index contributed by atoms with van der Waals surface area (Å²) in [6.07, 6.45) is 2.20. The van der Waals surface area contributed by atoms with Crippen LogP contribution >= 0.6 is 11.3 Å². The Morgan fingerprint density at radius 3 is 2.65 bits per heavy atom. The van der Waals surface area contributed by atoms with Crippen molar-refractivity contribution < 1.29 is 4.74 Å². The number of ether oxygens (including phenoxy) is 1. The highest BCUT2D eigenvalue weighted by Gasteiger charge is 2.04. The molecule has 2 rings (SSSR count). The summed E-state index contributed by atoms with van der Waals surface area (Å²) >= 11 is 1.72. The molecule has 1 aromatic carbocycles. The maximum absolute atomic E-state index is 5.17.